The second kappa shape index (κ2) is 7.52. The van der Waals surface area contributed by atoms with Crippen LogP contribution in [0.15, 0.2) is 34.9 Å². The first-order valence-corrected chi connectivity index (χ1v) is 7.13. The maximum absolute atomic E-state index is 13.4. The Hall–Kier alpha value is -1.24. The van der Waals surface area contributed by atoms with Gasteiger partial charge in [-0.15, -0.1) is 0 Å². The van der Waals surface area contributed by atoms with Crippen LogP contribution in [0.5, 0.6) is 0 Å². The SMILES string of the molecule is COCCNCc1ccnn1Cc1cc(F)cc(Br)c1. The molecule has 1 N–H and O–H groups in total. The molecule has 0 bridgehead atoms. The van der Waals surface area contributed by atoms with E-state index >= 15 is 0 Å². The quantitative estimate of drug-likeness (QED) is 0.786. The largest absolute Gasteiger partial charge is 0.383 e. The Bertz CT molecular complexity index is 539. The van der Waals surface area contributed by atoms with Crippen LogP contribution >= 0.6 is 15.9 Å². The van der Waals surface area contributed by atoms with Gasteiger partial charge in [-0.1, -0.05) is 15.9 Å². The third kappa shape index (κ3) is 4.40. The number of nitrogens with one attached hydrogen (secondary N) is 1. The molecule has 1 aromatic carbocycles. The van der Waals surface area contributed by atoms with Crippen molar-refractivity contribution in [1.29, 1.82) is 0 Å². The van der Waals surface area contributed by atoms with E-state index in [0.717, 1.165) is 22.3 Å². The first-order chi connectivity index (χ1) is 9.69. The van der Waals surface area contributed by atoms with Crippen LogP contribution in [0.25, 0.3) is 0 Å². The van der Waals surface area contributed by atoms with Crippen LogP contribution in [-0.4, -0.2) is 30.0 Å². The van der Waals surface area contributed by atoms with Gasteiger partial charge in [0.25, 0.3) is 0 Å². The summed E-state index contributed by atoms with van der Waals surface area (Å²) in [4.78, 5) is 0. The zero-order valence-corrected chi connectivity index (χ0v) is 12.9. The minimum Gasteiger partial charge on any atom is -0.383 e. The average Bonchev–Trinajstić information content (AvgIpc) is 2.81. The molecule has 0 aliphatic rings. The average molecular weight is 342 g/mol. The van der Waals surface area contributed by atoms with E-state index in [1.165, 1.54) is 12.1 Å². The molecule has 0 radical (unpaired) electrons. The van der Waals surface area contributed by atoms with Crippen molar-refractivity contribution in [2.75, 3.05) is 20.3 Å². The molecular formula is C14H17BrFN3O. The van der Waals surface area contributed by atoms with Crippen molar-refractivity contribution in [2.45, 2.75) is 13.1 Å². The summed E-state index contributed by atoms with van der Waals surface area (Å²) in [6, 6.07) is 6.81. The van der Waals surface area contributed by atoms with Crippen LogP contribution in [0.3, 0.4) is 0 Å². The van der Waals surface area contributed by atoms with Crippen LogP contribution in [0, 0.1) is 5.82 Å². The van der Waals surface area contributed by atoms with Crippen molar-refractivity contribution >= 4 is 15.9 Å². The topological polar surface area (TPSA) is 39.1 Å². The van der Waals surface area contributed by atoms with Crippen LogP contribution in [0.4, 0.5) is 4.39 Å². The summed E-state index contributed by atoms with van der Waals surface area (Å²) < 4.78 is 20.9. The molecule has 0 aliphatic carbocycles. The third-order valence-electron chi connectivity index (χ3n) is 2.85. The standard InChI is InChI=1S/C14H17BrFN3O/c1-20-5-4-17-9-14-2-3-18-19(14)10-11-6-12(15)8-13(16)7-11/h2-3,6-8,17H,4-5,9-10H2,1H3. The van der Waals surface area contributed by atoms with Crippen LogP contribution in [0.1, 0.15) is 11.3 Å². The van der Waals surface area contributed by atoms with Crippen LogP contribution < -0.4 is 5.32 Å². The van der Waals surface area contributed by atoms with Gasteiger partial charge in [-0.3, -0.25) is 4.68 Å². The predicted octanol–water partition coefficient (Wildman–Crippen LogP) is 2.57. The van der Waals surface area contributed by atoms with E-state index in [0.29, 0.717) is 19.7 Å². The molecule has 1 heterocycles. The van der Waals surface area contributed by atoms with E-state index in [-0.39, 0.29) is 5.82 Å². The number of halogens is 2. The second-order valence-electron chi connectivity index (χ2n) is 4.43. The van der Waals surface area contributed by atoms with Crippen molar-refractivity contribution in [3.05, 3.63) is 52.0 Å². The van der Waals surface area contributed by atoms with Crippen LogP contribution in [-0.2, 0) is 17.8 Å². The van der Waals surface area contributed by atoms with Gasteiger partial charge in [0.15, 0.2) is 0 Å². The minimum absolute atomic E-state index is 0.249. The second-order valence-corrected chi connectivity index (χ2v) is 5.34. The lowest BCUT2D eigenvalue weighted by Crippen LogP contribution is -2.21. The molecule has 0 saturated heterocycles. The van der Waals surface area contributed by atoms with Crippen molar-refractivity contribution in [3.8, 4) is 0 Å². The Morgan fingerprint density at radius 2 is 2.25 bits per heavy atom. The maximum atomic E-state index is 13.4. The highest BCUT2D eigenvalue weighted by atomic mass is 79.9. The first kappa shape index (κ1) is 15.2. The van der Waals surface area contributed by atoms with Crippen molar-refractivity contribution in [1.82, 2.24) is 15.1 Å². The van der Waals surface area contributed by atoms with E-state index < -0.39 is 0 Å². The van der Waals surface area contributed by atoms with Gasteiger partial charge in [0.05, 0.1) is 18.8 Å². The van der Waals surface area contributed by atoms with Crippen molar-refractivity contribution in [3.63, 3.8) is 0 Å². The molecule has 2 rings (SSSR count). The molecule has 1 aromatic heterocycles. The first-order valence-electron chi connectivity index (χ1n) is 6.34. The lowest BCUT2D eigenvalue weighted by Gasteiger charge is -2.09. The third-order valence-corrected chi connectivity index (χ3v) is 3.31. The van der Waals surface area contributed by atoms with Crippen LogP contribution in [0.2, 0.25) is 0 Å². The Balaban J connectivity index is 2.00. The minimum atomic E-state index is -0.249. The molecule has 2 aromatic rings. The normalized spacial score (nSPS) is 10.9. The zero-order chi connectivity index (χ0) is 14.4. The van der Waals surface area contributed by atoms with Gasteiger partial charge < -0.3 is 10.1 Å². The molecule has 0 aliphatic heterocycles. The molecule has 0 atom stereocenters. The number of methoxy groups -OCH3 is 1. The Kier molecular flexibility index (Phi) is 5.70. The monoisotopic (exact) mass is 341 g/mol. The molecule has 108 valence electrons. The molecule has 6 heteroatoms. The van der Waals surface area contributed by atoms with Gasteiger partial charge in [-0.2, -0.15) is 5.10 Å². The summed E-state index contributed by atoms with van der Waals surface area (Å²) in [5.74, 6) is -0.249. The summed E-state index contributed by atoms with van der Waals surface area (Å²) >= 11 is 3.30. The predicted molar refractivity (Wildman–Crippen MR) is 79.0 cm³/mol. The smallest absolute Gasteiger partial charge is 0.124 e. The highest BCUT2D eigenvalue weighted by molar-refractivity contribution is 9.10. The van der Waals surface area contributed by atoms with Gasteiger partial charge in [0.2, 0.25) is 0 Å². The molecular weight excluding hydrogens is 325 g/mol. The van der Waals surface area contributed by atoms with Gasteiger partial charge in [-0.05, 0) is 29.8 Å². The van der Waals surface area contributed by atoms with E-state index in [1.54, 1.807) is 13.3 Å². The van der Waals surface area contributed by atoms with Crippen molar-refractivity contribution < 1.29 is 9.13 Å². The van der Waals surface area contributed by atoms with E-state index in [4.69, 9.17) is 4.74 Å². The number of ether oxygens (including phenoxy) is 1. The molecule has 0 saturated carbocycles. The van der Waals surface area contributed by atoms with Gasteiger partial charge >= 0.3 is 0 Å². The van der Waals surface area contributed by atoms with Gasteiger partial charge in [0, 0.05) is 30.9 Å². The fourth-order valence-corrected chi connectivity index (χ4v) is 2.43. The zero-order valence-electron chi connectivity index (χ0n) is 11.3. The fraction of sp³-hybridized carbons (Fsp3) is 0.357. The van der Waals surface area contributed by atoms with E-state index in [9.17, 15) is 4.39 Å². The number of rotatable bonds is 7. The number of benzene rings is 1. The number of hydrogen-bond acceptors (Lipinski definition) is 3. The number of hydrogen-bond donors (Lipinski definition) is 1. The molecule has 4 nitrogen and oxygen atoms in total. The highest BCUT2D eigenvalue weighted by Gasteiger charge is 2.05. The fourth-order valence-electron chi connectivity index (χ4n) is 1.92. The molecule has 0 unspecified atom stereocenters. The molecule has 0 spiro atoms. The lowest BCUT2D eigenvalue weighted by molar-refractivity contribution is 0.199. The summed E-state index contributed by atoms with van der Waals surface area (Å²) in [5.41, 5.74) is 1.93. The lowest BCUT2D eigenvalue weighted by atomic mass is 10.2. The summed E-state index contributed by atoms with van der Waals surface area (Å²) in [7, 11) is 1.67. The molecule has 20 heavy (non-hydrogen) atoms. The van der Waals surface area contributed by atoms with Gasteiger partial charge in [-0.25, -0.2) is 4.39 Å². The number of nitrogens with zero attached hydrogens (tertiary/aromatic N) is 2. The molecule has 0 amide bonds. The van der Waals surface area contributed by atoms with Crippen molar-refractivity contribution in [2.24, 2.45) is 0 Å². The summed E-state index contributed by atoms with van der Waals surface area (Å²) in [6.45, 7) is 2.71. The Morgan fingerprint density at radius 1 is 1.40 bits per heavy atom. The Labute approximate surface area is 126 Å². The van der Waals surface area contributed by atoms with Gasteiger partial charge in [0.1, 0.15) is 5.82 Å². The summed E-state index contributed by atoms with van der Waals surface area (Å²) in [5, 5.41) is 7.55. The highest BCUT2D eigenvalue weighted by Crippen LogP contribution is 2.16. The van der Waals surface area contributed by atoms with E-state index in [2.05, 4.69) is 26.3 Å². The Morgan fingerprint density at radius 3 is 3.00 bits per heavy atom. The number of aromatic nitrogens is 2. The molecule has 0 fully saturated rings. The summed E-state index contributed by atoms with van der Waals surface area (Å²) in [6.07, 6.45) is 1.75. The maximum Gasteiger partial charge on any atom is 0.124 e. The van der Waals surface area contributed by atoms with E-state index in [1.807, 2.05) is 16.8 Å².